The van der Waals surface area contributed by atoms with E-state index in [1.54, 1.807) is 18.8 Å². The van der Waals surface area contributed by atoms with Gasteiger partial charge in [-0.1, -0.05) is 0 Å². The third-order valence-corrected chi connectivity index (χ3v) is 3.26. The quantitative estimate of drug-likeness (QED) is 0.820. The number of carbonyl (C=O) groups is 2. The Morgan fingerprint density at radius 1 is 1.25 bits per heavy atom. The summed E-state index contributed by atoms with van der Waals surface area (Å²) in [4.78, 5) is 26.0. The second-order valence-electron chi connectivity index (χ2n) is 4.74. The molecule has 6 heteroatoms. The summed E-state index contributed by atoms with van der Waals surface area (Å²) < 4.78 is 0. The van der Waals surface area contributed by atoms with Crippen LogP contribution < -0.4 is 10.6 Å². The van der Waals surface area contributed by atoms with E-state index in [1.807, 2.05) is 44.4 Å². The standard InChI is InChI=1S/C14H21N3O2S/c1-10(2)15-13(18)9-17(3)14(19)16-11-5-7-12(20-4)8-6-11/h5-8,10H,9H2,1-4H3,(H,15,18)(H,16,19). The maximum absolute atomic E-state index is 11.9. The molecule has 0 aliphatic heterocycles. The molecule has 0 bridgehead atoms. The molecule has 0 aliphatic carbocycles. The average Bonchev–Trinajstić information content (AvgIpc) is 2.38. The Bertz CT molecular complexity index is 460. The lowest BCUT2D eigenvalue weighted by atomic mass is 10.3. The van der Waals surface area contributed by atoms with Gasteiger partial charge in [-0.05, 0) is 44.4 Å². The molecule has 2 N–H and O–H groups in total. The van der Waals surface area contributed by atoms with Crippen LogP contribution in [0.2, 0.25) is 0 Å². The monoisotopic (exact) mass is 295 g/mol. The van der Waals surface area contributed by atoms with Crippen LogP contribution in [-0.2, 0) is 4.79 Å². The number of rotatable bonds is 5. The van der Waals surface area contributed by atoms with Gasteiger partial charge in [0.15, 0.2) is 0 Å². The van der Waals surface area contributed by atoms with E-state index in [-0.39, 0.29) is 24.5 Å². The van der Waals surface area contributed by atoms with Crippen LogP contribution in [0.5, 0.6) is 0 Å². The van der Waals surface area contributed by atoms with Gasteiger partial charge in [-0.15, -0.1) is 11.8 Å². The fourth-order valence-corrected chi connectivity index (χ4v) is 1.96. The number of hydrogen-bond donors (Lipinski definition) is 2. The van der Waals surface area contributed by atoms with Crippen molar-refractivity contribution in [1.29, 1.82) is 0 Å². The summed E-state index contributed by atoms with van der Waals surface area (Å²) in [5.41, 5.74) is 0.712. The maximum Gasteiger partial charge on any atom is 0.322 e. The first-order valence-electron chi connectivity index (χ1n) is 6.38. The van der Waals surface area contributed by atoms with Gasteiger partial charge in [0.1, 0.15) is 6.54 Å². The van der Waals surface area contributed by atoms with E-state index in [4.69, 9.17) is 0 Å². The molecule has 1 aromatic rings. The van der Waals surface area contributed by atoms with Gasteiger partial charge in [-0.25, -0.2) is 4.79 Å². The largest absolute Gasteiger partial charge is 0.352 e. The molecule has 0 spiro atoms. The first-order valence-corrected chi connectivity index (χ1v) is 7.60. The van der Waals surface area contributed by atoms with Crippen LogP contribution in [0.1, 0.15) is 13.8 Å². The molecule has 0 atom stereocenters. The summed E-state index contributed by atoms with van der Waals surface area (Å²) in [5.74, 6) is -0.171. The van der Waals surface area contributed by atoms with Crippen LogP contribution in [0.25, 0.3) is 0 Å². The molecule has 0 aliphatic rings. The van der Waals surface area contributed by atoms with Crippen molar-refractivity contribution in [2.75, 3.05) is 25.2 Å². The number of benzene rings is 1. The molecule has 20 heavy (non-hydrogen) atoms. The van der Waals surface area contributed by atoms with E-state index < -0.39 is 0 Å². The normalized spacial score (nSPS) is 10.2. The summed E-state index contributed by atoms with van der Waals surface area (Å²) in [6.07, 6.45) is 1.99. The second-order valence-corrected chi connectivity index (χ2v) is 5.62. The van der Waals surface area contributed by atoms with Gasteiger partial charge in [-0.2, -0.15) is 0 Å². The molecule has 0 saturated heterocycles. The molecular formula is C14H21N3O2S. The Morgan fingerprint density at radius 3 is 2.35 bits per heavy atom. The number of nitrogens with one attached hydrogen (secondary N) is 2. The predicted molar refractivity (Wildman–Crippen MR) is 83.2 cm³/mol. The zero-order valence-corrected chi connectivity index (χ0v) is 13.1. The van der Waals surface area contributed by atoms with Gasteiger partial charge in [0.2, 0.25) is 5.91 Å². The zero-order chi connectivity index (χ0) is 15.1. The third kappa shape index (κ3) is 5.52. The first kappa shape index (κ1) is 16.4. The van der Waals surface area contributed by atoms with E-state index in [1.165, 1.54) is 4.90 Å². The lowest BCUT2D eigenvalue weighted by Gasteiger charge is -2.18. The van der Waals surface area contributed by atoms with Gasteiger partial charge in [0, 0.05) is 23.7 Å². The average molecular weight is 295 g/mol. The van der Waals surface area contributed by atoms with E-state index in [0.717, 1.165) is 4.90 Å². The van der Waals surface area contributed by atoms with Crippen molar-refractivity contribution in [2.45, 2.75) is 24.8 Å². The van der Waals surface area contributed by atoms with Crippen molar-refractivity contribution in [3.8, 4) is 0 Å². The lowest BCUT2D eigenvalue weighted by molar-refractivity contribution is -0.121. The van der Waals surface area contributed by atoms with Crippen molar-refractivity contribution in [1.82, 2.24) is 10.2 Å². The summed E-state index contributed by atoms with van der Waals surface area (Å²) in [6, 6.07) is 7.31. The fourth-order valence-electron chi connectivity index (χ4n) is 1.55. The highest BCUT2D eigenvalue weighted by Gasteiger charge is 2.13. The molecule has 0 unspecified atom stereocenters. The molecule has 3 amide bonds. The van der Waals surface area contributed by atoms with E-state index in [2.05, 4.69) is 10.6 Å². The number of nitrogens with zero attached hydrogens (tertiary/aromatic N) is 1. The van der Waals surface area contributed by atoms with Gasteiger partial charge in [0.25, 0.3) is 0 Å². The van der Waals surface area contributed by atoms with Crippen molar-refractivity contribution in [3.63, 3.8) is 0 Å². The van der Waals surface area contributed by atoms with E-state index in [0.29, 0.717) is 5.69 Å². The Balaban J connectivity index is 2.50. The maximum atomic E-state index is 11.9. The van der Waals surface area contributed by atoms with Crippen LogP contribution in [0, 0.1) is 0 Å². The Kier molecular flexibility index (Phi) is 6.38. The van der Waals surface area contributed by atoms with Gasteiger partial charge < -0.3 is 15.5 Å². The highest BCUT2D eigenvalue weighted by molar-refractivity contribution is 7.98. The molecular weight excluding hydrogens is 274 g/mol. The highest BCUT2D eigenvalue weighted by atomic mass is 32.2. The van der Waals surface area contributed by atoms with Gasteiger partial charge in [0.05, 0.1) is 0 Å². The Labute approximate surface area is 124 Å². The van der Waals surface area contributed by atoms with E-state index >= 15 is 0 Å². The molecule has 1 rings (SSSR count). The number of urea groups is 1. The molecule has 0 aromatic heterocycles. The van der Waals surface area contributed by atoms with Crippen molar-refractivity contribution in [3.05, 3.63) is 24.3 Å². The Morgan fingerprint density at radius 2 is 1.85 bits per heavy atom. The first-order chi connectivity index (χ1) is 9.42. The summed E-state index contributed by atoms with van der Waals surface area (Å²) in [7, 11) is 1.59. The minimum Gasteiger partial charge on any atom is -0.352 e. The van der Waals surface area contributed by atoms with Crippen molar-refractivity contribution < 1.29 is 9.59 Å². The second kappa shape index (κ2) is 7.79. The van der Waals surface area contributed by atoms with Crippen LogP contribution in [-0.4, -0.2) is 42.7 Å². The number of amides is 3. The predicted octanol–water partition coefficient (Wildman–Crippen LogP) is 2.40. The summed E-state index contributed by atoms with van der Waals surface area (Å²) >= 11 is 1.64. The van der Waals surface area contributed by atoms with Crippen molar-refractivity contribution in [2.24, 2.45) is 0 Å². The molecule has 0 heterocycles. The molecule has 0 saturated carbocycles. The zero-order valence-electron chi connectivity index (χ0n) is 12.3. The molecule has 110 valence electrons. The fraction of sp³-hybridized carbons (Fsp3) is 0.429. The van der Waals surface area contributed by atoms with Gasteiger partial charge in [-0.3, -0.25) is 4.79 Å². The SMILES string of the molecule is CSc1ccc(NC(=O)N(C)CC(=O)NC(C)C)cc1. The topological polar surface area (TPSA) is 61.4 Å². The smallest absolute Gasteiger partial charge is 0.322 e. The highest BCUT2D eigenvalue weighted by Crippen LogP contribution is 2.17. The lowest BCUT2D eigenvalue weighted by Crippen LogP contribution is -2.42. The van der Waals surface area contributed by atoms with Crippen LogP contribution in [0.4, 0.5) is 10.5 Å². The van der Waals surface area contributed by atoms with Crippen LogP contribution >= 0.6 is 11.8 Å². The number of likely N-dealkylation sites (N-methyl/N-ethyl adjacent to an activating group) is 1. The number of carbonyl (C=O) groups excluding carboxylic acids is 2. The molecule has 1 aromatic carbocycles. The molecule has 5 nitrogen and oxygen atoms in total. The minimum absolute atomic E-state index is 0.0346. The molecule has 0 radical (unpaired) electrons. The van der Waals surface area contributed by atoms with Crippen molar-refractivity contribution >= 4 is 29.4 Å². The minimum atomic E-state index is -0.305. The van der Waals surface area contributed by atoms with E-state index in [9.17, 15) is 9.59 Å². The summed E-state index contributed by atoms with van der Waals surface area (Å²) in [5, 5.41) is 5.49. The summed E-state index contributed by atoms with van der Waals surface area (Å²) in [6.45, 7) is 3.80. The third-order valence-electron chi connectivity index (χ3n) is 2.52. The molecule has 0 fully saturated rings. The van der Waals surface area contributed by atoms with Crippen LogP contribution in [0.3, 0.4) is 0 Å². The number of anilines is 1. The van der Waals surface area contributed by atoms with Gasteiger partial charge >= 0.3 is 6.03 Å². The number of thioether (sulfide) groups is 1. The Hall–Kier alpha value is -1.69. The number of hydrogen-bond acceptors (Lipinski definition) is 3. The van der Waals surface area contributed by atoms with Crippen LogP contribution in [0.15, 0.2) is 29.2 Å².